The van der Waals surface area contributed by atoms with Gasteiger partial charge in [-0.2, -0.15) is 0 Å². The van der Waals surface area contributed by atoms with Gasteiger partial charge in [0.25, 0.3) is 0 Å². The zero-order valence-electron chi connectivity index (χ0n) is 21.7. The van der Waals surface area contributed by atoms with Crippen LogP contribution >= 0.6 is 0 Å². The molecular formula is C30H35N5O. The Kier molecular flexibility index (Phi) is 6.88. The number of rotatable bonds is 7. The van der Waals surface area contributed by atoms with Crippen molar-refractivity contribution in [1.29, 1.82) is 0 Å². The number of hydrogen-bond acceptors (Lipinski definition) is 5. The van der Waals surface area contributed by atoms with E-state index in [4.69, 9.17) is 9.72 Å². The molecule has 1 aromatic carbocycles. The lowest BCUT2D eigenvalue weighted by Gasteiger charge is -2.21. The molecule has 0 spiro atoms. The normalized spacial score (nSPS) is 14.3. The van der Waals surface area contributed by atoms with Crippen LogP contribution in [0.4, 0.5) is 0 Å². The number of aromatic amines is 1. The highest BCUT2D eigenvalue weighted by atomic mass is 16.5. The van der Waals surface area contributed by atoms with Crippen molar-refractivity contribution in [2.75, 3.05) is 26.2 Å². The Labute approximate surface area is 213 Å². The van der Waals surface area contributed by atoms with Gasteiger partial charge < -0.3 is 9.72 Å². The number of aromatic nitrogens is 4. The van der Waals surface area contributed by atoms with E-state index in [2.05, 4.69) is 71.8 Å². The number of nitrogens with zero attached hydrogens (tertiary/aromatic N) is 4. The second kappa shape index (κ2) is 10.2. The van der Waals surface area contributed by atoms with Gasteiger partial charge in [-0.1, -0.05) is 26.8 Å². The zero-order chi connectivity index (χ0) is 25.1. The lowest BCUT2D eigenvalue weighted by atomic mass is 9.85. The van der Waals surface area contributed by atoms with E-state index in [0.717, 1.165) is 58.5 Å². The number of hydrogen-bond donors (Lipinski definition) is 1. The van der Waals surface area contributed by atoms with Crippen LogP contribution in [0, 0.1) is 6.92 Å². The molecule has 5 rings (SSSR count). The topological polar surface area (TPSA) is 66.9 Å². The SMILES string of the molecule is Cc1cnc(-c2ncc(-c3ccnc(-c4ccc(OCCN5CCCC5)cc4)c3)[nH]2)c(C(C)(C)C)c1. The fourth-order valence-corrected chi connectivity index (χ4v) is 4.69. The van der Waals surface area contributed by atoms with Crippen LogP contribution in [0.5, 0.6) is 5.75 Å². The molecule has 6 nitrogen and oxygen atoms in total. The highest BCUT2D eigenvalue weighted by Gasteiger charge is 2.22. The van der Waals surface area contributed by atoms with Crippen molar-refractivity contribution in [3.05, 3.63) is 72.2 Å². The molecule has 0 unspecified atom stereocenters. The van der Waals surface area contributed by atoms with E-state index < -0.39 is 0 Å². The van der Waals surface area contributed by atoms with Gasteiger partial charge >= 0.3 is 0 Å². The fraction of sp³-hybridized carbons (Fsp3) is 0.367. The summed E-state index contributed by atoms with van der Waals surface area (Å²) in [6.07, 6.45) is 8.23. The Morgan fingerprint density at radius 2 is 1.69 bits per heavy atom. The Morgan fingerprint density at radius 1 is 0.917 bits per heavy atom. The first kappa shape index (κ1) is 24.2. The number of likely N-dealkylation sites (tertiary alicyclic amines) is 1. The lowest BCUT2D eigenvalue weighted by molar-refractivity contribution is 0.238. The molecule has 1 aliphatic heterocycles. The van der Waals surface area contributed by atoms with Crippen LogP contribution in [-0.2, 0) is 5.41 Å². The largest absolute Gasteiger partial charge is 0.492 e. The maximum absolute atomic E-state index is 5.96. The molecule has 0 radical (unpaired) electrons. The number of aryl methyl sites for hydroxylation is 1. The van der Waals surface area contributed by atoms with E-state index in [9.17, 15) is 0 Å². The molecule has 6 heteroatoms. The monoisotopic (exact) mass is 481 g/mol. The molecule has 0 saturated carbocycles. The molecule has 0 bridgehead atoms. The van der Waals surface area contributed by atoms with Crippen molar-refractivity contribution in [2.24, 2.45) is 0 Å². The molecule has 1 aliphatic rings. The Hall–Kier alpha value is -3.51. The molecule has 0 atom stereocenters. The minimum Gasteiger partial charge on any atom is -0.492 e. The quantitative estimate of drug-likeness (QED) is 0.336. The fourth-order valence-electron chi connectivity index (χ4n) is 4.69. The molecule has 1 fully saturated rings. The predicted octanol–water partition coefficient (Wildman–Crippen LogP) is 6.28. The number of ether oxygens (including phenoxy) is 1. The first-order valence-corrected chi connectivity index (χ1v) is 12.8. The van der Waals surface area contributed by atoms with Crippen LogP contribution < -0.4 is 4.74 Å². The van der Waals surface area contributed by atoms with E-state index in [0.29, 0.717) is 0 Å². The van der Waals surface area contributed by atoms with Crippen molar-refractivity contribution in [3.63, 3.8) is 0 Å². The van der Waals surface area contributed by atoms with Gasteiger partial charge in [0, 0.05) is 30.1 Å². The lowest BCUT2D eigenvalue weighted by Crippen LogP contribution is -2.25. The number of H-pyrrole nitrogens is 1. The molecule has 36 heavy (non-hydrogen) atoms. The Bertz CT molecular complexity index is 1310. The predicted molar refractivity (Wildman–Crippen MR) is 145 cm³/mol. The van der Waals surface area contributed by atoms with Crippen molar-refractivity contribution in [2.45, 2.75) is 46.0 Å². The van der Waals surface area contributed by atoms with Gasteiger partial charge in [0.15, 0.2) is 5.82 Å². The molecule has 1 saturated heterocycles. The van der Waals surface area contributed by atoms with Crippen LogP contribution in [0.2, 0.25) is 0 Å². The molecule has 4 aromatic rings. The van der Waals surface area contributed by atoms with Crippen molar-refractivity contribution in [3.8, 4) is 39.8 Å². The van der Waals surface area contributed by atoms with Crippen LogP contribution in [0.15, 0.2) is 61.1 Å². The van der Waals surface area contributed by atoms with Gasteiger partial charge in [-0.15, -0.1) is 0 Å². The summed E-state index contributed by atoms with van der Waals surface area (Å²) in [7, 11) is 0. The van der Waals surface area contributed by atoms with E-state index in [1.54, 1.807) is 0 Å². The number of nitrogens with one attached hydrogen (secondary N) is 1. The summed E-state index contributed by atoms with van der Waals surface area (Å²) in [6, 6.07) is 14.5. The van der Waals surface area contributed by atoms with Crippen LogP contribution in [0.25, 0.3) is 34.0 Å². The third-order valence-electron chi connectivity index (χ3n) is 6.73. The summed E-state index contributed by atoms with van der Waals surface area (Å²) in [6.45, 7) is 12.8. The maximum atomic E-state index is 5.96. The summed E-state index contributed by atoms with van der Waals surface area (Å²) < 4.78 is 5.96. The van der Waals surface area contributed by atoms with Gasteiger partial charge in [-0.05, 0) is 85.8 Å². The second-order valence-electron chi connectivity index (χ2n) is 10.7. The van der Waals surface area contributed by atoms with E-state index in [-0.39, 0.29) is 5.41 Å². The molecule has 1 N–H and O–H groups in total. The minimum absolute atomic E-state index is 0.0325. The highest BCUT2D eigenvalue weighted by molar-refractivity contribution is 5.70. The third kappa shape index (κ3) is 5.49. The summed E-state index contributed by atoms with van der Waals surface area (Å²) in [5.74, 6) is 1.68. The van der Waals surface area contributed by atoms with Crippen molar-refractivity contribution >= 4 is 0 Å². The molecule has 0 aliphatic carbocycles. The highest BCUT2D eigenvalue weighted by Crippen LogP contribution is 2.32. The smallest absolute Gasteiger partial charge is 0.156 e. The number of benzene rings is 1. The molecular weight excluding hydrogens is 446 g/mol. The van der Waals surface area contributed by atoms with Crippen LogP contribution in [0.3, 0.4) is 0 Å². The van der Waals surface area contributed by atoms with Gasteiger partial charge in [-0.25, -0.2) is 4.98 Å². The number of imidazole rings is 1. The molecule has 0 amide bonds. The summed E-state index contributed by atoms with van der Waals surface area (Å²) in [5.41, 5.74) is 7.14. The molecule has 4 heterocycles. The van der Waals surface area contributed by atoms with Gasteiger partial charge in [0.1, 0.15) is 18.1 Å². The first-order chi connectivity index (χ1) is 17.4. The van der Waals surface area contributed by atoms with Gasteiger partial charge in [0.05, 0.1) is 17.6 Å². The van der Waals surface area contributed by atoms with Crippen molar-refractivity contribution in [1.82, 2.24) is 24.8 Å². The van der Waals surface area contributed by atoms with Crippen LogP contribution in [-0.4, -0.2) is 51.1 Å². The van der Waals surface area contributed by atoms with E-state index in [1.165, 1.54) is 31.5 Å². The zero-order valence-corrected chi connectivity index (χ0v) is 21.7. The average molecular weight is 482 g/mol. The standard InChI is InChI=1S/C30H35N5O/c1-21-17-25(30(2,3)4)28(32-19-21)29-33-20-27(34-29)23-11-12-31-26(18-23)22-7-9-24(10-8-22)36-16-15-35-13-5-6-14-35/h7-12,17-20H,5-6,13-16H2,1-4H3,(H,33,34). The molecule has 3 aromatic heterocycles. The Balaban J connectivity index is 1.32. The van der Waals surface area contributed by atoms with Gasteiger partial charge in [-0.3, -0.25) is 14.9 Å². The molecule has 186 valence electrons. The van der Waals surface area contributed by atoms with Crippen molar-refractivity contribution < 1.29 is 4.74 Å². The third-order valence-corrected chi connectivity index (χ3v) is 6.73. The summed E-state index contributed by atoms with van der Waals surface area (Å²) >= 11 is 0. The average Bonchev–Trinajstić information content (AvgIpc) is 3.57. The van der Waals surface area contributed by atoms with Gasteiger partial charge in [0.2, 0.25) is 0 Å². The Morgan fingerprint density at radius 3 is 2.44 bits per heavy atom. The minimum atomic E-state index is -0.0325. The summed E-state index contributed by atoms with van der Waals surface area (Å²) in [5, 5.41) is 0. The van der Waals surface area contributed by atoms with E-state index in [1.807, 2.05) is 36.8 Å². The maximum Gasteiger partial charge on any atom is 0.156 e. The van der Waals surface area contributed by atoms with Crippen LogP contribution in [0.1, 0.15) is 44.7 Å². The second-order valence-corrected chi connectivity index (χ2v) is 10.7. The number of pyridine rings is 2. The first-order valence-electron chi connectivity index (χ1n) is 12.8. The van der Waals surface area contributed by atoms with E-state index >= 15 is 0 Å². The summed E-state index contributed by atoms with van der Waals surface area (Å²) in [4.78, 5) is 20.0.